The average Bonchev–Trinajstić information content (AvgIpc) is 2.67. The van der Waals surface area contributed by atoms with Crippen molar-refractivity contribution in [2.24, 2.45) is 0 Å². The number of anilines is 1. The molecule has 0 spiro atoms. The van der Waals surface area contributed by atoms with Crippen LogP contribution in [0.15, 0.2) is 60.7 Å². The fourth-order valence-corrected chi connectivity index (χ4v) is 3.03. The Balaban J connectivity index is 1.72. The minimum Gasteiger partial charge on any atom is -0.493 e. The Bertz CT molecular complexity index is 917. The van der Waals surface area contributed by atoms with E-state index in [1.165, 1.54) is 12.1 Å². The molecule has 0 saturated carbocycles. The van der Waals surface area contributed by atoms with Gasteiger partial charge in [0.25, 0.3) is 0 Å². The van der Waals surface area contributed by atoms with E-state index in [1.54, 1.807) is 19.2 Å². The highest BCUT2D eigenvalue weighted by Gasteiger charge is 2.13. The van der Waals surface area contributed by atoms with Gasteiger partial charge in [-0.2, -0.15) is 0 Å². The molecule has 3 aromatic carbocycles. The minimum absolute atomic E-state index is 0.273. The lowest BCUT2D eigenvalue weighted by atomic mass is 10.2. The summed E-state index contributed by atoms with van der Waals surface area (Å²) in [6.45, 7) is 0.787. The van der Waals surface area contributed by atoms with E-state index in [1.807, 2.05) is 36.4 Å². The van der Waals surface area contributed by atoms with Gasteiger partial charge >= 0.3 is 0 Å². The topological polar surface area (TPSA) is 30.5 Å². The molecule has 3 nitrogen and oxygen atoms in total. The smallest absolute Gasteiger partial charge is 0.180 e. The maximum Gasteiger partial charge on any atom is 0.180 e. The second-order valence-electron chi connectivity index (χ2n) is 5.85. The molecule has 0 aliphatic heterocycles. The van der Waals surface area contributed by atoms with Crippen molar-refractivity contribution in [2.75, 3.05) is 12.4 Å². The third-order valence-electron chi connectivity index (χ3n) is 3.96. The van der Waals surface area contributed by atoms with Crippen LogP contribution in [0.3, 0.4) is 0 Å². The van der Waals surface area contributed by atoms with Crippen LogP contribution < -0.4 is 14.8 Å². The zero-order valence-corrected chi connectivity index (χ0v) is 16.1. The van der Waals surface area contributed by atoms with Gasteiger partial charge in [-0.15, -0.1) is 0 Å². The van der Waals surface area contributed by atoms with Crippen molar-refractivity contribution in [3.63, 3.8) is 0 Å². The Hall–Kier alpha value is -2.43. The van der Waals surface area contributed by atoms with Crippen LogP contribution in [0.25, 0.3) is 0 Å². The number of hydrogen-bond acceptors (Lipinski definition) is 3. The van der Waals surface area contributed by atoms with E-state index in [-0.39, 0.29) is 12.4 Å². The largest absolute Gasteiger partial charge is 0.493 e. The van der Waals surface area contributed by atoms with Gasteiger partial charge in [-0.05, 0) is 48.0 Å². The van der Waals surface area contributed by atoms with Crippen molar-refractivity contribution < 1.29 is 13.9 Å². The van der Waals surface area contributed by atoms with E-state index >= 15 is 0 Å². The van der Waals surface area contributed by atoms with E-state index in [0.29, 0.717) is 28.1 Å². The summed E-state index contributed by atoms with van der Waals surface area (Å²) >= 11 is 12.6. The summed E-state index contributed by atoms with van der Waals surface area (Å²) in [5.41, 5.74) is 2.58. The molecule has 0 radical (unpaired) electrons. The number of methoxy groups -OCH3 is 1. The highest BCUT2D eigenvalue weighted by molar-refractivity contribution is 6.32. The molecule has 3 aromatic rings. The fraction of sp³-hybridized carbons (Fsp3) is 0.143. The zero-order valence-electron chi connectivity index (χ0n) is 14.6. The normalized spacial score (nSPS) is 10.5. The average molecular weight is 406 g/mol. The Morgan fingerprint density at radius 2 is 1.70 bits per heavy atom. The molecule has 140 valence electrons. The van der Waals surface area contributed by atoms with Gasteiger partial charge in [0.2, 0.25) is 0 Å². The molecule has 0 heterocycles. The number of nitrogens with one attached hydrogen (secondary N) is 1. The van der Waals surface area contributed by atoms with Gasteiger partial charge in [0.05, 0.1) is 12.1 Å². The molecule has 1 N–H and O–H groups in total. The fourth-order valence-electron chi connectivity index (χ4n) is 2.55. The molecule has 0 aliphatic carbocycles. The first kappa shape index (κ1) is 19.3. The Morgan fingerprint density at radius 1 is 0.963 bits per heavy atom. The molecule has 0 atom stereocenters. The van der Waals surface area contributed by atoms with Crippen LogP contribution >= 0.6 is 23.2 Å². The molecule has 3 rings (SSSR count). The predicted molar refractivity (Wildman–Crippen MR) is 108 cm³/mol. The summed E-state index contributed by atoms with van der Waals surface area (Å²) in [4.78, 5) is 0. The lowest BCUT2D eigenvalue weighted by Crippen LogP contribution is -2.03. The molecule has 6 heteroatoms. The minimum atomic E-state index is -0.273. The van der Waals surface area contributed by atoms with Crippen LogP contribution in [-0.2, 0) is 13.2 Å². The summed E-state index contributed by atoms with van der Waals surface area (Å²) < 4.78 is 24.3. The van der Waals surface area contributed by atoms with E-state index in [2.05, 4.69) is 5.32 Å². The van der Waals surface area contributed by atoms with Crippen LogP contribution in [0.1, 0.15) is 11.1 Å². The molecular weight excluding hydrogens is 388 g/mol. The van der Waals surface area contributed by atoms with E-state index in [9.17, 15) is 4.39 Å². The number of ether oxygens (including phenoxy) is 2. The van der Waals surface area contributed by atoms with Crippen LogP contribution in [0.2, 0.25) is 10.0 Å². The highest BCUT2D eigenvalue weighted by atomic mass is 35.5. The van der Waals surface area contributed by atoms with Crippen molar-refractivity contribution in [2.45, 2.75) is 13.2 Å². The van der Waals surface area contributed by atoms with Gasteiger partial charge < -0.3 is 14.8 Å². The van der Waals surface area contributed by atoms with Crippen molar-refractivity contribution >= 4 is 28.9 Å². The summed E-state index contributed by atoms with van der Waals surface area (Å²) in [7, 11) is 1.56. The van der Waals surface area contributed by atoms with Crippen LogP contribution in [0.5, 0.6) is 11.5 Å². The van der Waals surface area contributed by atoms with Gasteiger partial charge in [0.1, 0.15) is 12.4 Å². The van der Waals surface area contributed by atoms with Crippen molar-refractivity contribution in [1.82, 2.24) is 0 Å². The Labute approximate surface area is 167 Å². The molecule has 0 aromatic heterocycles. The molecule has 0 aliphatic rings. The van der Waals surface area contributed by atoms with E-state index in [4.69, 9.17) is 32.7 Å². The van der Waals surface area contributed by atoms with E-state index in [0.717, 1.165) is 16.8 Å². The second-order valence-corrected chi connectivity index (χ2v) is 6.66. The third kappa shape index (κ3) is 5.06. The quantitative estimate of drug-likeness (QED) is 0.497. The zero-order chi connectivity index (χ0) is 19.2. The molecule has 0 bridgehead atoms. The summed E-state index contributed by atoms with van der Waals surface area (Å²) in [5.74, 6) is 0.723. The van der Waals surface area contributed by atoms with E-state index < -0.39 is 0 Å². The molecule has 0 unspecified atom stereocenters. The summed E-state index contributed by atoms with van der Waals surface area (Å²) in [6, 6.07) is 17.3. The molecule has 0 amide bonds. The van der Waals surface area contributed by atoms with Crippen LogP contribution in [-0.4, -0.2) is 7.11 Å². The maximum atomic E-state index is 13.0. The molecular formula is C21H18Cl2FNO2. The SMILES string of the molecule is COc1cc(CNc2ccc(F)cc2)cc(Cl)c1OCc1ccccc1Cl. The lowest BCUT2D eigenvalue weighted by Gasteiger charge is -2.15. The first-order valence-corrected chi connectivity index (χ1v) is 9.04. The van der Waals surface area contributed by atoms with Gasteiger partial charge in [-0.25, -0.2) is 4.39 Å². The summed E-state index contributed by atoms with van der Waals surface area (Å²) in [5, 5.41) is 4.29. The standard InChI is InChI=1S/C21H18Cl2FNO2/c1-26-20-11-14(12-25-17-8-6-16(24)7-9-17)10-19(23)21(20)27-13-15-4-2-3-5-18(15)22/h2-11,25H,12-13H2,1H3. The molecule has 0 saturated heterocycles. The van der Waals surface area contributed by atoms with Crippen LogP contribution in [0.4, 0.5) is 10.1 Å². The lowest BCUT2D eigenvalue weighted by molar-refractivity contribution is 0.284. The monoisotopic (exact) mass is 405 g/mol. The van der Waals surface area contributed by atoms with Crippen molar-refractivity contribution in [3.05, 3.63) is 87.7 Å². The summed E-state index contributed by atoms with van der Waals surface area (Å²) in [6.07, 6.45) is 0. The van der Waals surface area contributed by atoms with Gasteiger partial charge in [0.15, 0.2) is 11.5 Å². The van der Waals surface area contributed by atoms with Crippen molar-refractivity contribution in [1.29, 1.82) is 0 Å². The van der Waals surface area contributed by atoms with Crippen LogP contribution in [0, 0.1) is 5.82 Å². The third-order valence-corrected chi connectivity index (χ3v) is 4.61. The number of benzene rings is 3. The maximum absolute atomic E-state index is 13.0. The van der Waals surface area contributed by atoms with Gasteiger partial charge in [-0.3, -0.25) is 0 Å². The van der Waals surface area contributed by atoms with Gasteiger partial charge in [-0.1, -0.05) is 41.4 Å². The second kappa shape index (κ2) is 8.98. The highest BCUT2D eigenvalue weighted by Crippen LogP contribution is 2.37. The molecule has 0 fully saturated rings. The first-order valence-electron chi connectivity index (χ1n) is 8.29. The number of rotatable bonds is 7. The van der Waals surface area contributed by atoms with Crippen molar-refractivity contribution in [3.8, 4) is 11.5 Å². The number of hydrogen-bond donors (Lipinski definition) is 1. The van der Waals surface area contributed by atoms with Gasteiger partial charge in [0, 0.05) is 22.8 Å². The Morgan fingerprint density at radius 3 is 2.41 bits per heavy atom. The number of halogens is 3. The first-order chi connectivity index (χ1) is 13.1. The molecule has 27 heavy (non-hydrogen) atoms. The predicted octanol–water partition coefficient (Wildman–Crippen LogP) is 6.33. The Kier molecular flexibility index (Phi) is 6.43.